The first kappa shape index (κ1) is 15.5. The van der Waals surface area contributed by atoms with Gasteiger partial charge in [0, 0.05) is 16.7 Å². The van der Waals surface area contributed by atoms with Gasteiger partial charge in [-0.25, -0.2) is 4.98 Å². The number of pyridine rings is 1. The van der Waals surface area contributed by atoms with Gasteiger partial charge in [0.05, 0.1) is 22.8 Å². The van der Waals surface area contributed by atoms with Gasteiger partial charge < -0.3 is 10.1 Å². The number of hydrogen-bond acceptors (Lipinski definition) is 4. The van der Waals surface area contributed by atoms with E-state index in [1.807, 2.05) is 6.07 Å². The van der Waals surface area contributed by atoms with Gasteiger partial charge in [0.1, 0.15) is 17.5 Å². The zero-order chi connectivity index (χ0) is 15.4. The van der Waals surface area contributed by atoms with Crippen molar-refractivity contribution < 1.29 is 9.53 Å². The van der Waals surface area contributed by atoms with Crippen LogP contribution >= 0.6 is 31.9 Å². The number of carbonyl (C=O) groups excluding carboxylic acids is 1. The summed E-state index contributed by atoms with van der Waals surface area (Å²) in [6, 6.07) is 8.46. The minimum absolute atomic E-state index is 0.225. The molecular weight excluding hydrogens is 402 g/mol. The van der Waals surface area contributed by atoms with E-state index in [1.54, 1.807) is 25.3 Å². The van der Waals surface area contributed by atoms with Gasteiger partial charge in [-0.2, -0.15) is 5.26 Å². The molecule has 0 aliphatic carbocycles. The molecule has 2 rings (SSSR count). The SMILES string of the molecule is COc1cc(NC(=O)c2ccc(C#N)cn2)c(Br)cc1Br. The van der Waals surface area contributed by atoms with Crippen molar-refractivity contribution in [3.05, 3.63) is 50.7 Å². The summed E-state index contributed by atoms with van der Waals surface area (Å²) in [6.07, 6.45) is 1.35. The Labute approximate surface area is 138 Å². The van der Waals surface area contributed by atoms with Crippen LogP contribution in [0.1, 0.15) is 16.1 Å². The number of carbonyl (C=O) groups is 1. The number of nitriles is 1. The Bertz CT molecular complexity index is 724. The third kappa shape index (κ3) is 3.60. The molecule has 0 fully saturated rings. The van der Waals surface area contributed by atoms with E-state index in [9.17, 15) is 4.79 Å². The molecule has 0 spiro atoms. The molecule has 0 atom stereocenters. The Hall–Kier alpha value is -1.91. The van der Waals surface area contributed by atoms with Crippen molar-refractivity contribution in [2.75, 3.05) is 12.4 Å². The summed E-state index contributed by atoms with van der Waals surface area (Å²) < 4.78 is 6.66. The summed E-state index contributed by atoms with van der Waals surface area (Å²) in [6.45, 7) is 0. The van der Waals surface area contributed by atoms with Crippen molar-refractivity contribution in [2.45, 2.75) is 0 Å². The summed E-state index contributed by atoms with van der Waals surface area (Å²) in [5, 5.41) is 11.4. The Morgan fingerprint density at radius 1 is 1.33 bits per heavy atom. The first-order valence-corrected chi connectivity index (χ1v) is 7.34. The van der Waals surface area contributed by atoms with Crippen LogP contribution in [0.2, 0.25) is 0 Å². The summed E-state index contributed by atoms with van der Waals surface area (Å²) >= 11 is 6.73. The van der Waals surface area contributed by atoms with Crippen molar-refractivity contribution >= 4 is 43.5 Å². The molecule has 2 aromatic rings. The van der Waals surface area contributed by atoms with Crippen molar-refractivity contribution in [1.29, 1.82) is 5.26 Å². The predicted molar refractivity (Wildman–Crippen MR) is 85.3 cm³/mol. The van der Waals surface area contributed by atoms with E-state index in [0.29, 0.717) is 21.5 Å². The first-order valence-electron chi connectivity index (χ1n) is 5.75. The number of ether oxygens (including phenoxy) is 1. The van der Waals surface area contributed by atoms with Crippen molar-refractivity contribution in [2.24, 2.45) is 0 Å². The van der Waals surface area contributed by atoms with Gasteiger partial charge in [-0.15, -0.1) is 0 Å². The van der Waals surface area contributed by atoms with Crippen LogP contribution in [-0.2, 0) is 0 Å². The standard InChI is InChI=1S/C14H9Br2N3O2/c1-21-13-5-12(9(15)4-10(13)16)19-14(20)11-3-2-8(6-17)7-18-11/h2-5,7H,1H3,(H,19,20). The largest absolute Gasteiger partial charge is 0.495 e. The monoisotopic (exact) mass is 409 g/mol. The third-order valence-corrected chi connectivity index (χ3v) is 3.89. The zero-order valence-corrected chi connectivity index (χ0v) is 14.0. The van der Waals surface area contributed by atoms with Crippen LogP contribution in [0.4, 0.5) is 5.69 Å². The molecule has 1 N–H and O–H groups in total. The smallest absolute Gasteiger partial charge is 0.274 e. The van der Waals surface area contributed by atoms with Gasteiger partial charge in [-0.1, -0.05) is 0 Å². The number of anilines is 1. The highest BCUT2D eigenvalue weighted by molar-refractivity contribution is 9.11. The summed E-state index contributed by atoms with van der Waals surface area (Å²) in [7, 11) is 1.54. The molecule has 0 aliphatic heterocycles. The van der Waals surface area contributed by atoms with Crippen LogP contribution in [0.15, 0.2) is 39.4 Å². The molecule has 0 unspecified atom stereocenters. The number of nitrogens with one attached hydrogen (secondary N) is 1. The van der Waals surface area contributed by atoms with Crippen LogP contribution in [0.25, 0.3) is 0 Å². The van der Waals surface area contributed by atoms with E-state index in [4.69, 9.17) is 10.00 Å². The molecule has 1 aromatic heterocycles. The molecule has 106 valence electrons. The average molecular weight is 411 g/mol. The number of aromatic nitrogens is 1. The van der Waals surface area contributed by atoms with Gasteiger partial charge in [0.15, 0.2) is 0 Å². The second-order valence-electron chi connectivity index (χ2n) is 3.96. The van der Waals surface area contributed by atoms with Crippen LogP contribution in [-0.4, -0.2) is 18.0 Å². The second kappa shape index (κ2) is 6.70. The average Bonchev–Trinajstić information content (AvgIpc) is 2.50. The van der Waals surface area contributed by atoms with E-state index in [0.717, 1.165) is 4.47 Å². The summed E-state index contributed by atoms with van der Waals surface area (Å²) in [5.41, 5.74) is 1.19. The summed E-state index contributed by atoms with van der Waals surface area (Å²) in [5.74, 6) is 0.228. The van der Waals surface area contributed by atoms with Crippen LogP contribution < -0.4 is 10.1 Å². The van der Waals surface area contributed by atoms with E-state index >= 15 is 0 Å². The lowest BCUT2D eigenvalue weighted by molar-refractivity contribution is 0.102. The molecule has 1 amide bonds. The number of hydrogen-bond donors (Lipinski definition) is 1. The van der Waals surface area contributed by atoms with E-state index < -0.39 is 0 Å². The van der Waals surface area contributed by atoms with Crippen LogP contribution in [0, 0.1) is 11.3 Å². The molecule has 0 bridgehead atoms. The van der Waals surface area contributed by atoms with Crippen molar-refractivity contribution in [1.82, 2.24) is 4.98 Å². The molecular formula is C14H9Br2N3O2. The number of halogens is 2. The molecule has 0 aliphatic rings. The molecule has 0 saturated carbocycles. The maximum Gasteiger partial charge on any atom is 0.274 e. The van der Waals surface area contributed by atoms with E-state index in [2.05, 4.69) is 42.2 Å². The van der Waals surface area contributed by atoms with Gasteiger partial charge in [-0.3, -0.25) is 4.79 Å². The van der Waals surface area contributed by atoms with E-state index in [-0.39, 0.29) is 11.6 Å². The fourth-order valence-corrected chi connectivity index (χ4v) is 2.82. The molecule has 7 heteroatoms. The number of benzene rings is 1. The Kier molecular flexibility index (Phi) is 4.94. The Balaban J connectivity index is 2.25. The lowest BCUT2D eigenvalue weighted by Crippen LogP contribution is -2.14. The molecule has 21 heavy (non-hydrogen) atoms. The predicted octanol–water partition coefficient (Wildman–Crippen LogP) is 3.74. The van der Waals surface area contributed by atoms with Gasteiger partial charge in [0.2, 0.25) is 0 Å². The highest BCUT2D eigenvalue weighted by Crippen LogP contribution is 2.34. The number of nitrogens with zero attached hydrogens (tertiary/aromatic N) is 2. The molecule has 0 radical (unpaired) electrons. The minimum atomic E-state index is -0.371. The molecule has 1 aromatic carbocycles. The lowest BCUT2D eigenvalue weighted by atomic mass is 10.2. The van der Waals surface area contributed by atoms with Gasteiger partial charge in [0.25, 0.3) is 5.91 Å². The number of methoxy groups -OCH3 is 1. The van der Waals surface area contributed by atoms with Gasteiger partial charge in [-0.05, 0) is 50.1 Å². The molecule has 1 heterocycles. The quantitative estimate of drug-likeness (QED) is 0.836. The fourth-order valence-electron chi connectivity index (χ4n) is 1.56. The van der Waals surface area contributed by atoms with Crippen molar-refractivity contribution in [3.8, 4) is 11.8 Å². The number of amides is 1. The Morgan fingerprint density at radius 3 is 2.67 bits per heavy atom. The fraction of sp³-hybridized carbons (Fsp3) is 0.0714. The number of rotatable bonds is 3. The molecule has 0 saturated heterocycles. The Morgan fingerprint density at radius 2 is 2.10 bits per heavy atom. The normalized spacial score (nSPS) is 9.81. The lowest BCUT2D eigenvalue weighted by Gasteiger charge is -2.10. The topological polar surface area (TPSA) is 75.0 Å². The second-order valence-corrected chi connectivity index (χ2v) is 5.67. The first-order chi connectivity index (χ1) is 10.0. The highest BCUT2D eigenvalue weighted by Gasteiger charge is 2.12. The minimum Gasteiger partial charge on any atom is -0.495 e. The maximum atomic E-state index is 12.1. The van der Waals surface area contributed by atoms with E-state index in [1.165, 1.54) is 12.3 Å². The third-order valence-electron chi connectivity index (χ3n) is 2.61. The zero-order valence-electron chi connectivity index (χ0n) is 10.9. The van der Waals surface area contributed by atoms with Gasteiger partial charge >= 0.3 is 0 Å². The van der Waals surface area contributed by atoms with Crippen molar-refractivity contribution in [3.63, 3.8) is 0 Å². The van der Waals surface area contributed by atoms with Crippen LogP contribution in [0.5, 0.6) is 5.75 Å². The summed E-state index contributed by atoms with van der Waals surface area (Å²) in [4.78, 5) is 16.1. The van der Waals surface area contributed by atoms with Crippen LogP contribution in [0.3, 0.4) is 0 Å². The highest BCUT2D eigenvalue weighted by atomic mass is 79.9. The maximum absolute atomic E-state index is 12.1. The molecule has 5 nitrogen and oxygen atoms in total.